The molecule has 33 heavy (non-hydrogen) atoms. The Hall–Kier alpha value is -3.26. The minimum atomic E-state index is -4.46. The van der Waals surface area contributed by atoms with E-state index in [2.05, 4.69) is 5.32 Å². The molecule has 3 aromatic carbocycles. The molecule has 0 aliphatic heterocycles. The molecule has 0 heterocycles. The smallest absolute Gasteiger partial charge is 0.416 e. The van der Waals surface area contributed by atoms with Crippen LogP contribution in [0, 0.1) is 0 Å². The molecule has 0 aromatic heterocycles. The van der Waals surface area contributed by atoms with E-state index >= 15 is 0 Å². The Labute approximate surface area is 193 Å². The summed E-state index contributed by atoms with van der Waals surface area (Å²) in [5.74, 6) is -1.81. The van der Waals surface area contributed by atoms with Gasteiger partial charge in [0.25, 0.3) is 5.91 Å². The molecule has 0 fully saturated rings. The molecule has 3 rings (SSSR count). The van der Waals surface area contributed by atoms with Crippen LogP contribution in [0.3, 0.4) is 0 Å². The van der Waals surface area contributed by atoms with Crippen molar-refractivity contribution in [1.82, 2.24) is 5.32 Å². The molecular formula is C24H21ClF3NO4. The van der Waals surface area contributed by atoms with Crippen molar-refractivity contribution in [2.75, 3.05) is 0 Å². The van der Waals surface area contributed by atoms with Gasteiger partial charge in [0, 0.05) is 15.8 Å². The van der Waals surface area contributed by atoms with E-state index in [-0.39, 0.29) is 16.3 Å². The topological polar surface area (TPSA) is 75.6 Å². The molecule has 0 spiro atoms. The van der Waals surface area contributed by atoms with Crippen LogP contribution < -0.4 is 10.1 Å². The number of hydrogen-bond donors (Lipinski definition) is 2. The summed E-state index contributed by atoms with van der Waals surface area (Å²) >= 11 is 6.37. The Morgan fingerprint density at radius 3 is 2.15 bits per heavy atom. The lowest BCUT2D eigenvalue weighted by Gasteiger charge is -2.24. The number of carboxylic acid groups (broad SMARTS) is 1. The predicted molar refractivity (Wildman–Crippen MR) is 119 cm³/mol. The van der Waals surface area contributed by atoms with Gasteiger partial charge in [-0.3, -0.25) is 4.79 Å². The second-order valence-electron chi connectivity index (χ2n) is 8.04. The van der Waals surface area contributed by atoms with Crippen LogP contribution in [0.25, 0.3) is 10.8 Å². The number of carboxylic acids is 1. The minimum Gasteiger partial charge on any atom is -0.485 e. The first kappa shape index (κ1) is 24.4. The highest BCUT2D eigenvalue weighted by Crippen LogP contribution is 2.38. The summed E-state index contributed by atoms with van der Waals surface area (Å²) in [4.78, 5) is 24.5. The standard InChI is InChI=1S/C24H21ClF3NO4/c1-13(14-8-10-15(11-9-14)24(26,27)28)33-20-17-7-5-4-6-16(17)19(25)12-18(20)21(30)29-23(2,3)22(31)32/h4-13H,1-3H3,(H,29,30)(H,31,32). The Balaban J connectivity index is 2.05. The zero-order chi connectivity index (χ0) is 24.6. The number of rotatable bonds is 6. The summed E-state index contributed by atoms with van der Waals surface area (Å²) in [5, 5.41) is 13.2. The third-order valence-electron chi connectivity index (χ3n) is 5.15. The summed E-state index contributed by atoms with van der Waals surface area (Å²) in [5.41, 5.74) is -1.89. The Bertz CT molecular complexity index is 1210. The van der Waals surface area contributed by atoms with Gasteiger partial charge in [0.15, 0.2) is 0 Å². The van der Waals surface area contributed by atoms with E-state index in [1.807, 2.05) is 0 Å². The highest BCUT2D eigenvalue weighted by molar-refractivity contribution is 6.36. The highest BCUT2D eigenvalue weighted by atomic mass is 35.5. The maximum atomic E-state index is 13.0. The van der Waals surface area contributed by atoms with Gasteiger partial charge in [0.2, 0.25) is 0 Å². The van der Waals surface area contributed by atoms with Crippen molar-refractivity contribution in [3.63, 3.8) is 0 Å². The fraction of sp³-hybridized carbons (Fsp3) is 0.250. The summed E-state index contributed by atoms with van der Waals surface area (Å²) < 4.78 is 44.7. The Kier molecular flexibility index (Phi) is 6.61. The number of ether oxygens (including phenoxy) is 1. The zero-order valence-electron chi connectivity index (χ0n) is 18.0. The van der Waals surface area contributed by atoms with Gasteiger partial charge >= 0.3 is 12.1 Å². The van der Waals surface area contributed by atoms with E-state index in [4.69, 9.17) is 16.3 Å². The molecule has 0 saturated carbocycles. The molecule has 0 radical (unpaired) electrons. The van der Waals surface area contributed by atoms with Gasteiger partial charge in [0.05, 0.1) is 11.1 Å². The van der Waals surface area contributed by atoms with Crippen LogP contribution in [0.15, 0.2) is 54.6 Å². The first-order valence-electron chi connectivity index (χ1n) is 9.92. The van der Waals surface area contributed by atoms with Crippen LogP contribution >= 0.6 is 11.6 Å². The fourth-order valence-corrected chi connectivity index (χ4v) is 3.47. The molecule has 0 saturated heterocycles. The van der Waals surface area contributed by atoms with Crippen LogP contribution in [0.5, 0.6) is 5.75 Å². The number of halogens is 4. The number of benzene rings is 3. The SMILES string of the molecule is CC(Oc1c(C(=O)NC(C)(C)C(=O)O)cc(Cl)c2ccccc12)c1ccc(C(F)(F)F)cc1. The molecular weight excluding hydrogens is 459 g/mol. The average Bonchev–Trinajstić information content (AvgIpc) is 2.74. The molecule has 5 nitrogen and oxygen atoms in total. The Morgan fingerprint density at radius 1 is 1.03 bits per heavy atom. The highest BCUT2D eigenvalue weighted by Gasteiger charge is 2.32. The maximum Gasteiger partial charge on any atom is 0.416 e. The first-order chi connectivity index (χ1) is 15.3. The number of carbonyl (C=O) groups is 2. The maximum absolute atomic E-state index is 13.0. The van der Waals surface area contributed by atoms with Gasteiger partial charge in [-0.15, -0.1) is 0 Å². The average molecular weight is 480 g/mol. The number of alkyl halides is 3. The molecule has 1 atom stereocenters. The van der Waals surface area contributed by atoms with Crippen LogP contribution in [0.2, 0.25) is 5.02 Å². The lowest BCUT2D eigenvalue weighted by molar-refractivity contribution is -0.143. The van der Waals surface area contributed by atoms with Crippen molar-refractivity contribution >= 4 is 34.2 Å². The molecule has 1 unspecified atom stereocenters. The molecule has 174 valence electrons. The van der Waals surface area contributed by atoms with Gasteiger partial charge < -0.3 is 15.2 Å². The number of carbonyl (C=O) groups excluding carboxylic acids is 1. The number of hydrogen-bond acceptors (Lipinski definition) is 3. The third kappa shape index (κ3) is 5.22. The minimum absolute atomic E-state index is 0.00628. The first-order valence-corrected chi connectivity index (χ1v) is 10.3. The predicted octanol–water partition coefficient (Wildman–Crippen LogP) is 6.25. The summed E-state index contributed by atoms with van der Waals surface area (Å²) in [7, 11) is 0. The number of amides is 1. The van der Waals surface area contributed by atoms with Crippen molar-refractivity contribution in [1.29, 1.82) is 0 Å². The van der Waals surface area contributed by atoms with Crippen molar-refractivity contribution in [3.05, 3.63) is 76.3 Å². The quantitative estimate of drug-likeness (QED) is 0.438. The monoisotopic (exact) mass is 479 g/mol. The molecule has 2 N–H and O–H groups in total. The van der Waals surface area contributed by atoms with Gasteiger partial charge in [-0.25, -0.2) is 4.79 Å². The summed E-state index contributed by atoms with van der Waals surface area (Å²) in [6.07, 6.45) is -5.19. The van der Waals surface area contributed by atoms with Gasteiger partial charge in [-0.2, -0.15) is 13.2 Å². The van der Waals surface area contributed by atoms with Crippen molar-refractivity contribution in [2.24, 2.45) is 0 Å². The molecule has 3 aromatic rings. The van der Waals surface area contributed by atoms with Crippen LogP contribution in [0.1, 0.15) is 48.4 Å². The second-order valence-corrected chi connectivity index (χ2v) is 8.45. The van der Waals surface area contributed by atoms with Crippen molar-refractivity contribution in [3.8, 4) is 5.75 Å². The van der Waals surface area contributed by atoms with E-state index in [9.17, 15) is 27.9 Å². The molecule has 0 aliphatic carbocycles. The Morgan fingerprint density at radius 2 is 1.61 bits per heavy atom. The normalized spacial score (nSPS) is 12.9. The molecule has 0 aliphatic rings. The van der Waals surface area contributed by atoms with E-state index < -0.39 is 35.3 Å². The van der Waals surface area contributed by atoms with Gasteiger partial charge in [-0.05, 0) is 44.5 Å². The second kappa shape index (κ2) is 8.94. The summed E-state index contributed by atoms with van der Waals surface area (Å²) in [6, 6.07) is 12.8. The van der Waals surface area contributed by atoms with Crippen molar-refractivity contribution in [2.45, 2.75) is 38.6 Å². The number of fused-ring (bicyclic) bond motifs is 1. The van der Waals surface area contributed by atoms with E-state index in [1.165, 1.54) is 32.0 Å². The van der Waals surface area contributed by atoms with E-state index in [0.29, 0.717) is 16.3 Å². The van der Waals surface area contributed by atoms with Crippen LogP contribution in [0.4, 0.5) is 13.2 Å². The van der Waals surface area contributed by atoms with Gasteiger partial charge in [-0.1, -0.05) is 48.0 Å². The van der Waals surface area contributed by atoms with E-state index in [1.54, 1.807) is 31.2 Å². The third-order valence-corrected chi connectivity index (χ3v) is 5.46. The largest absolute Gasteiger partial charge is 0.485 e. The number of nitrogens with one attached hydrogen (secondary N) is 1. The number of aliphatic carboxylic acids is 1. The lowest BCUT2D eigenvalue weighted by Crippen LogP contribution is -2.49. The van der Waals surface area contributed by atoms with Crippen LogP contribution in [-0.2, 0) is 11.0 Å². The van der Waals surface area contributed by atoms with Crippen molar-refractivity contribution < 1.29 is 32.6 Å². The van der Waals surface area contributed by atoms with Crippen LogP contribution in [-0.4, -0.2) is 22.5 Å². The van der Waals surface area contributed by atoms with Gasteiger partial charge in [0.1, 0.15) is 17.4 Å². The molecule has 9 heteroatoms. The zero-order valence-corrected chi connectivity index (χ0v) is 18.7. The lowest BCUT2D eigenvalue weighted by atomic mass is 10.0. The fourth-order valence-electron chi connectivity index (χ4n) is 3.19. The summed E-state index contributed by atoms with van der Waals surface area (Å²) in [6.45, 7) is 4.30. The molecule has 0 bridgehead atoms. The molecule has 1 amide bonds. The van der Waals surface area contributed by atoms with E-state index in [0.717, 1.165) is 12.1 Å².